The molecule has 1 atom stereocenters. The van der Waals surface area contributed by atoms with Gasteiger partial charge in [0.05, 0.1) is 0 Å². The second kappa shape index (κ2) is 5.56. The lowest BCUT2D eigenvalue weighted by Crippen LogP contribution is -2.27. The summed E-state index contributed by atoms with van der Waals surface area (Å²) in [5, 5.41) is -0.386. The Balaban J connectivity index is 2.24. The lowest BCUT2D eigenvalue weighted by atomic mass is 10.1. The highest BCUT2D eigenvalue weighted by molar-refractivity contribution is 7.89. The van der Waals surface area contributed by atoms with Crippen LogP contribution in [0, 0.1) is 5.82 Å². The largest absolute Gasteiger partial charge is 0.440 e. The summed E-state index contributed by atoms with van der Waals surface area (Å²) >= 11 is 0. The quantitative estimate of drug-likeness (QED) is 0.859. The minimum absolute atomic E-state index is 0.0936. The highest BCUT2D eigenvalue weighted by Crippen LogP contribution is 2.20. The predicted molar refractivity (Wildman–Crippen MR) is 69.2 cm³/mol. The van der Waals surface area contributed by atoms with E-state index in [0.717, 1.165) is 0 Å². The Morgan fingerprint density at radius 2 is 1.95 bits per heavy atom. The van der Waals surface area contributed by atoms with Crippen molar-refractivity contribution < 1.29 is 22.0 Å². The molecule has 1 unspecified atom stereocenters. The van der Waals surface area contributed by atoms with E-state index in [9.17, 15) is 17.6 Å². The number of aldehydes is 1. The lowest BCUT2D eigenvalue weighted by molar-refractivity contribution is 0.109. The molecule has 0 aliphatic heterocycles. The smallest absolute Gasteiger partial charge is 0.274 e. The number of hydrogen-bond acceptors (Lipinski definition) is 4. The van der Waals surface area contributed by atoms with Crippen molar-refractivity contribution in [3.8, 4) is 0 Å². The van der Waals surface area contributed by atoms with Crippen molar-refractivity contribution in [1.82, 2.24) is 4.72 Å². The average molecular weight is 297 g/mol. The lowest BCUT2D eigenvalue weighted by Gasteiger charge is -2.13. The van der Waals surface area contributed by atoms with Crippen LogP contribution in [-0.2, 0) is 10.0 Å². The van der Waals surface area contributed by atoms with Gasteiger partial charge in [-0.15, -0.1) is 0 Å². The van der Waals surface area contributed by atoms with Crippen LogP contribution in [0.2, 0.25) is 0 Å². The van der Waals surface area contributed by atoms with Crippen molar-refractivity contribution in [2.45, 2.75) is 18.1 Å². The van der Waals surface area contributed by atoms with Crippen LogP contribution in [0.25, 0.3) is 0 Å². The molecule has 0 amide bonds. The molecule has 0 saturated heterocycles. The van der Waals surface area contributed by atoms with E-state index in [2.05, 4.69) is 4.72 Å². The van der Waals surface area contributed by atoms with Crippen molar-refractivity contribution in [2.75, 3.05) is 0 Å². The first kappa shape index (κ1) is 14.4. The summed E-state index contributed by atoms with van der Waals surface area (Å²) in [5.74, 6) is -0.598. The van der Waals surface area contributed by atoms with E-state index in [1.807, 2.05) is 0 Å². The summed E-state index contributed by atoms with van der Waals surface area (Å²) in [5.41, 5.74) is 0.221. The minimum Gasteiger partial charge on any atom is -0.440 e. The standard InChI is InChI=1S/C13H12FNO4S/c1-9(11-4-2-3-5-12(11)14)15-20(17,18)13-7-6-10(8-16)19-13/h2-9,15H,1H3. The molecule has 0 spiro atoms. The Morgan fingerprint density at radius 3 is 2.55 bits per heavy atom. The van der Waals surface area contributed by atoms with Crippen molar-refractivity contribution in [1.29, 1.82) is 0 Å². The van der Waals surface area contributed by atoms with E-state index in [1.54, 1.807) is 6.07 Å². The van der Waals surface area contributed by atoms with Gasteiger partial charge in [0, 0.05) is 11.6 Å². The van der Waals surface area contributed by atoms with Crippen LogP contribution in [0.3, 0.4) is 0 Å². The van der Waals surface area contributed by atoms with Gasteiger partial charge >= 0.3 is 0 Å². The second-order valence-electron chi connectivity index (χ2n) is 4.14. The van der Waals surface area contributed by atoms with E-state index in [4.69, 9.17) is 4.42 Å². The molecule has 1 N–H and O–H groups in total. The van der Waals surface area contributed by atoms with Crippen LogP contribution in [0.1, 0.15) is 29.1 Å². The van der Waals surface area contributed by atoms with Crippen LogP contribution >= 0.6 is 0 Å². The summed E-state index contributed by atoms with van der Waals surface area (Å²) in [6.07, 6.45) is 0.402. The molecule has 2 aromatic rings. The number of hydrogen-bond donors (Lipinski definition) is 1. The molecular weight excluding hydrogens is 285 g/mol. The molecule has 0 bridgehead atoms. The minimum atomic E-state index is -3.96. The van der Waals surface area contributed by atoms with Gasteiger partial charge in [-0.1, -0.05) is 18.2 Å². The molecule has 1 aromatic heterocycles. The third-order valence-corrected chi connectivity index (χ3v) is 4.10. The summed E-state index contributed by atoms with van der Waals surface area (Å²) < 4.78 is 44.7. The number of halogens is 1. The van der Waals surface area contributed by atoms with Gasteiger partial charge in [-0.2, -0.15) is 0 Å². The summed E-state index contributed by atoms with van der Waals surface area (Å²) in [7, 11) is -3.96. The highest BCUT2D eigenvalue weighted by Gasteiger charge is 2.23. The summed E-state index contributed by atoms with van der Waals surface area (Å²) in [6, 6.07) is 7.50. The molecule has 0 aliphatic carbocycles. The van der Waals surface area contributed by atoms with Gasteiger partial charge in [0.1, 0.15) is 5.82 Å². The topological polar surface area (TPSA) is 76.4 Å². The van der Waals surface area contributed by atoms with Gasteiger partial charge in [0.25, 0.3) is 10.0 Å². The fraction of sp³-hybridized carbons (Fsp3) is 0.154. The molecule has 7 heteroatoms. The molecule has 1 heterocycles. The molecule has 1 aromatic carbocycles. The van der Waals surface area contributed by atoms with Gasteiger partial charge < -0.3 is 4.42 Å². The molecule has 2 rings (SSSR count). The Hall–Kier alpha value is -1.99. The second-order valence-corrected chi connectivity index (χ2v) is 5.78. The number of nitrogens with one attached hydrogen (secondary N) is 1. The van der Waals surface area contributed by atoms with Gasteiger partial charge in [-0.05, 0) is 25.1 Å². The van der Waals surface area contributed by atoms with E-state index in [0.29, 0.717) is 6.29 Å². The number of furan rings is 1. The fourth-order valence-corrected chi connectivity index (χ4v) is 2.88. The Kier molecular flexibility index (Phi) is 4.01. The maximum Gasteiger partial charge on any atom is 0.274 e. The van der Waals surface area contributed by atoms with E-state index < -0.39 is 21.9 Å². The van der Waals surface area contributed by atoms with Crippen LogP contribution < -0.4 is 4.72 Å². The Morgan fingerprint density at radius 1 is 1.25 bits per heavy atom. The van der Waals surface area contributed by atoms with Crippen molar-refractivity contribution in [3.63, 3.8) is 0 Å². The van der Waals surface area contributed by atoms with Crippen molar-refractivity contribution >= 4 is 16.3 Å². The normalized spacial score (nSPS) is 13.1. The SMILES string of the molecule is CC(NS(=O)(=O)c1ccc(C=O)o1)c1ccccc1F. The van der Waals surface area contributed by atoms with Crippen LogP contribution in [0.4, 0.5) is 4.39 Å². The monoisotopic (exact) mass is 297 g/mol. The maximum absolute atomic E-state index is 13.6. The predicted octanol–water partition coefficient (Wildman–Crippen LogP) is 2.27. The molecule has 0 fully saturated rings. The molecule has 0 radical (unpaired) electrons. The summed E-state index contributed by atoms with van der Waals surface area (Å²) in [4.78, 5) is 10.5. The first-order chi connectivity index (χ1) is 9.44. The van der Waals surface area contributed by atoms with E-state index >= 15 is 0 Å². The third-order valence-electron chi connectivity index (χ3n) is 2.69. The van der Waals surface area contributed by atoms with Crippen LogP contribution in [0.5, 0.6) is 0 Å². The average Bonchev–Trinajstić information content (AvgIpc) is 2.88. The zero-order valence-corrected chi connectivity index (χ0v) is 11.4. The van der Waals surface area contributed by atoms with Gasteiger partial charge in [-0.3, -0.25) is 4.79 Å². The zero-order valence-electron chi connectivity index (χ0n) is 10.5. The number of carbonyl (C=O) groups is 1. The fourth-order valence-electron chi connectivity index (χ4n) is 1.72. The third kappa shape index (κ3) is 2.94. The van der Waals surface area contributed by atoms with Gasteiger partial charge in [0.2, 0.25) is 5.09 Å². The molecule has 0 aliphatic rings. The van der Waals surface area contributed by atoms with E-state index in [1.165, 1.54) is 37.3 Å². The molecular formula is C13H12FNO4S. The number of benzene rings is 1. The zero-order chi connectivity index (χ0) is 14.8. The first-order valence-electron chi connectivity index (χ1n) is 5.76. The Bertz CT molecular complexity index is 723. The van der Waals surface area contributed by atoms with Crippen LogP contribution in [0.15, 0.2) is 45.9 Å². The summed E-state index contributed by atoms with van der Waals surface area (Å²) in [6.45, 7) is 1.51. The van der Waals surface area contributed by atoms with Gasteiger partial charge in [0.15, 0.2) is 12.0 Å². The molecule has 5 nitrogen and oxygen atoms in total. The van der Waals surface area contributed by atoms with Crippen molar-refractivity contribution in [3.05, 3.63) is 53.5 Å². The molecule has 0 saturated carbocycles. The van der Waals surface area contributed by atoms with Gasteiger partial charge in [-0.25, -0.2) is 17.5 Å². The van der Waals surface area contributed by atoms with E-state index in [-0.39, 0.29) is 16.4 Å². The Labute approximate surface area is 115 Å². The number of rotatable bonds is 5. The molecule has 106 valence electrons. The number of sulfonamides is 1. The highest BCUT2D eigenvalue weighted by atomic mass is 32.2. The maximum atomic E-state index is 13.6. The van der Waals surface area contributed by atoms with Crippen molar-refractivity contribution in [2.24, 2.45) is 0 Å². The van der Waals surface area contributed by atoms with Crippen LogP contribution in [-0.4, -0.2) is 14.7 Å². The number of carbonyl (C=O) groups excluding carboxylic acids is 1. The first-order valence-corrected chi connectivity index (χ1v) is 7.24. The molecule has 20 heavy (non-hydrogen) atoms.